The molecule has 0 atom stereocenters. The van der Waals surface area contributed by atoms with E-state index >= 15 is 0 Å². The smallest absolute Gasteiger partial charge is 0.339 e. The predicted octanol–water partition coefficient (Wildman–Crippen LogP) is 2.85. The Labute approximate surface area is 126 Å². The van der Waals surface area contributed by atoms with Crippen molar-refractivity contribution in [1.82, 2.24) is 0 Å². The van der Waals surface area contributed by atoms with E-state index in [-0.39, 0.29) is 16.9 Å². The fraction of sp³-hybridized carbons (Fsp3) is 0.118. The lowest BCUT2D eigenvalue weighted by Gasteiger charge is -2.08. The first-order valence-corrected chi connectivity index (χ1v) is 6.58. The summed E-state index contributed by atoms with van der Waals surface area (Å²) in [6.07, 6.45) is -0.430. The maximum atomic E-state index is 12.2. The van der Waals surface area contributed by atoms with Gasteiger partial charge in [0.1, 0.15) is 11.3 Å². The van der Waals surface area contributed by atoms with Crippen molar-refractivity contribution in [1.29, 1.82) is 0 Å². The highest BCUT2D eigenvalue weighted by atomic mass is 16.4. The lowest BCUT2D eigenvalue weighted by molar-refractivity contribution is 0.0693. The van der Waals surface area contributed by atoms with Crippen molar-refractivity contribution in [3.8, 4) is 5.75 Å². The average molecular weight is 298 g/mol. The lowest BCUT2D eigenvalue weighted by atomic mass is 9.97. The number of hydrogen-bond donors (Lipinski definition) is 2. The number of Topliss-reactive ketones (excluding diaryl/α,β-unsaturated/α-hetero) is 2. The quantitative estimate of drug-likeness (QED) is 0.654. The molecule has 0 spiro atoms. The van der Waals surface area contributed by atoms with Crippen LogP contribution in [0.5, 0.6) is 5.75 Å². The molecule has 0 saturated heterocycles. The Morgan fingerprint density at radius 3 is 2.14 bits per heavy atom. The van der Waals surface area contributed by atoms with E-state index in [4.69, 9.17) is 5.11 Å². The number of carboxylic acid groups (broad SMARTS) is 1. The summed E-state index contributed by atoms with van der Waals surface area (Å²) < 4.78 is 0. The number of aromatic hydroxyl groups is 1. The van der Waals surface area contributed by atoms with Gasteiger partial charge in [0.2, 0.25) is 0 Å². The molecule has 112 valence electrons. The molecule has 0 fully saturated rings. The van der Waals surface area contributed by atoms with Crippen molar-refractivity contribution in [2.24, 2.45) is 0 Å². The van der Waals surface area contributed by atoms with Crippen LogP contribution in [-0.2, 0) is 0 Å². The van der Waals surface area contributed by atoms with E-state index in [1.807, 2.05) is 0 Å². The third-order valence-electron chi connectivity index (χ3n) is 3.20. The molecule has 0 saturated carbocycles. The minimum Gasteiger partial charge on any atom is -0.506 e. The third kappa shape index (κ3) is 3.20. The normalized spacial score (nSPS) is 10.2. The molecule has 0 aliphatic heterocycles. The monoisotopic (exact) mass is 298 g/mol. The number of phenols is 1. The van der Waals surface area contributed by atoms with E-state index in [1.165, 1.54) is 12.1 Å². The molecule has 2 rings (SSSR count). The molecule has 2 N–H and O–H groups in total. The molecule has 0 heterocycles. The topological polar surface area (TPSA) is 91.7 Å². The van der Waals surface area contributed by atoms with Crippen LogP contribution in [0.3, 0.4) is 0 Å². The number of carboxylic acids is 1. The van der Waals surface area contributed by atoms with Gasteiger partial charge in [-0.05, 0) is 24.6 Å². The molecule has 0 bridgehead atoms. The molecule has 0 aliphatic rings. The summed E-state index contributed by atoms with van der Waals surface area (Å²) in [6, 6.07) is 11.0. The molecule has 0 amide bonds. The summed E-state index contributed by atoms with van der Waals surface area (Å²) in [4.78, 5) is 35.3. The van der Waals surface area contributed by atoms with Crippen molar-refractivity contribution >= 4 is 17.5 Å². The standard InChI is InChI=1S/C17H14O5/c1-10-7-12(16(20)13(8-10)17(21)22)15(19)9-14(18)11-5-3-2-4-6-11/h2-8,20H,9H2,1H3,(H,21,22). The minimum absolute atomic E-state index is 0.151. The van der Waals surface area contributed by atoms with Crippen molar-refractivity contribution in [3.05, 3.63) is 64.7 Å². The Balaban J connectivity index is 2.31. The SMILES string of the molecule is Cc1cc(C(=O)O)c(O)c(C(=O)CC(=O)c2ccccc2)c1. The van der Waals surface area contributed by atoms with Crippen LogP contribution in [-0.4, -0.2) is 27.7 Å². The number of ketones is 2. The van der Waals surface area contributed by atoms with Gasteiger partial charge in [0.25, 0.3) is 0 Å². The minimum atomic E-state index is -1.33. The van der Waals surface area contributed by atoms with Gasteiger partial charge in [-0.2, -0.15) is 0 Å². The molecule has 0 aromatic heterocycles. The van der Waals surface area contributed by atoms with E-state index in [0.717, 1.165) is 0 Å². The van der Waals surface area contributed by atoms with Crippen LogP contribution < -0.4 is 0 Å². The van der Waals surface area contributed by atoms with E-state index < -0.39 is 23.9 Å². The molecule has 5 heteroatoms. The van der Waals surface area contributed by atoms with E-state index in [0.29, 0.717) is 11.1 Å². The zero-order chi connectivity index (χ0) is 16.3. The highest BCUT2D eigenvalue weighted by Crippen LogP contribution is 2.26. The van der Waals surface area contributed by atoms with Gasteiger partial charge in [0.05, 0.1) is 12.0 Å². The van der Waals surface area contributed by atoms with Crippen LogP contribution >= 0.6 is 0 Å². The Kier molecular flexibility index (Phi) is 4.36. The second kappa shape index (κ2) is 6.22. The van der Waals surface area contributed by atoms with Crippen LogP contribution in [0.25, 0.3) is 0 Å². The van der Waals surface area contributed by atoms with E-state index in [2.05, 4.69) is 0 Å². The van der Waals surface area contributed by atoms with Crippen LogP contribution in [0.2, 0.25) is 0 Å². The van der Waals surface area contributed by atoms with E-state index in [9.17, 15) is 19.5 Å². The van der Waals surface area contributed by atoms with E-state index in [1.54, 1.807) is 37.3 Å². The van der Waals surface area contributed by atoms with Gasteiger partial charge in [-0.3, -0.25) is 9.59 Å². The fourth-order valence-corrected chi connectivity index (χ4v) is 2.12. The predicted molar refractivity (Wildman–Crippen MR) is 79.5 cm³/mol. The Morgan fingerprint density at radius 1 is 0.955 bits per heavy atom. The Morgan fingerprint density at radius 2 is 1.55 bits per heavy atom. The number of benzene rings is 2. The fourth-order valence-electron chi connectivity index (χ4n) is 2.12. The molecule has 0 radical (unpaired) electrons. The second-order valence-electron chi connectivity index (χ2n) is 4.90. The summed E-state index contributed by atoms with van der Waals surface area (Å²) in [5, 5.41) is 18.9. The third-order valence-corrected chi connectivity index (χ3v) is 3.20. The zero-order valence-electron chi connectivity index (χ0n) is 11.9. The van der Waals surface area contributed by atoms with Gasteiger partial charge in [-0.1, -0.05) is 30.3 Å². The van der Waals surface area contributed by atoms with Crippen LogP contribution in [0.4, 0.5) is 0 Å². The van der Waals surface area contributed by atoms with Crippen LogP contribution in [0.1, 0.15) is 43.1 Å². The van der Waals surface area contributed by atoms with Crippen molar-refractivity contribution in [2.45, 2.75) is 13.3 Å². The lowest BCUT2D eigenvalue weighted by Crippen LogP contribution is -2.10. The molecule has 0 unspecified atom stereocenters. The Bertz CT molecular complexity index is 747. The van der Waals surface area contributed by atoms with Gasteiger partial charge in [-0.25, -0.2) is 4.79 Å². The van der Waals surface area contributed by atoms with Crippen LogP contribution in [0, 0.1) is 6.92 Å². The van der Waals surface area contributed by atoms with Gasteiger partial charge >= 0.3 is 5.97 Å². The number of carbonyl (C=O) groups excluding carboxylic acids is 2. The molecular weight excluding hydrogens is 284 g/mol. The van der Waals surface area contributed by atoms with Crippen molar-refractivity contribution < 1.29 is 24.6 Å². The van der Waals surface area contributed by atoms with Crippen LogP contribution in [0.15, 0.2) is 42.5 Å². The van der Waals surface area contributed by atoms with Gasteiger partial charge < -0.3 is 10.2 Å². The first-order valence-electron chi connectivity index (χ1n) is 6.58. The summed E-state index contributed by atoms with van der Waals surface area (Å²) in [5.74, 6) is -2.94. The number of aryl methyl sites for hydroxylation is 1. The maximum absolute atomic E-state index is 12.2. The molecule has 2 aromatic carbocycles. The van der Waals surface area contributed by atoms with Gasteiger partial charge in [0.15, 0.2) is 11.6 Å². The largest absolute Gasteiger partial charge is 0.506 e. The second-order valence-corrected chi connectivity index (χ2v) is 4.90. The molecule has 0 aliphatic carbocycles. The summed E-state index contributed by atoms with van der Waals surface area (Å²) in [6.45, 7) is 1.61. The molecule has 5 nitrogen and oxygen atoms in total. The summed E-state index contributed by atoms with van der Waals surface area (Å²) in [7, 11) is 0. The number of carbonyl (C=O) groups is 3. The van der Waals surface area contributed by atoms with Crippen molar-refractivity contribution in [2.75, 3.05) is 0 Å². The van der Waals surface area contributed by atoms with Gasteiger partial charge in [-0.15, -0.1) is 0 Å². The highest BCUT2D eigenvalue weighted by molar-refractivity contribution is 6.15. The number of hydrogen-bond acceptors (Lipinski definition) is 4. The summed E-state index contributed by atoms with van der Waals surface area (Å²) >= 11 is 0. The maximum Gasteiger partial charge on any atom is 0.339 e. The number of aromatic carboxylic acids is 1. The first-order chi connectivity index (χ1) is 10.4. The molecule has 22 heavy (non-hydrogen) atoms. The van der Waals surface area contributed by atoms with Gasteiger partial charge in [0, 0.05) is 5.56 Å². The Hall–Kier alpha value is -2.95. The highest BCUT2D eigenvalue weighted by Gasteiger charge is 2.21. The molecular formula is C17H14O5. The number of rotatable bonds is 5. The zero-order valence-corrected chi connectivity index (χ0v) is 11.9. The average Bonchev–Trinajstić information content (AvgIpc) is 2.49. The molecule has 2 aromatic rings. The first kappa shape index (κ1) is 15.4. The summed E-state index contributed by atoms with van der Waals surface area (Å²) in [5.41, 5.74) is 0.407. The van der Waals surface area contributed by atoms with Crippen molar-refractivity contribution in [3.63, 3.8) is 0 Å².